The van der Waals surface area contributed by atoms with Gasteiger partial charge in [0.05, 0.1) is 13.2 Å². The zero-order valence-corrected chi connectivity index (χ0v) is 28.8. The second-order valence-corrected chi connectivity index (χ2v) is 13.4. The lowest BCUT2D eigenvalue weighted by atomic mass is 9.90. The molecule has 2 saturated heterocycles. The molecule has 0 N–H and O–H groups in total. The molecule has 2 atom stereocenters. The molecule has 0 amide bonds. The molecule has 7 aromatic carbocycles. The quantitative estimate of drug-likeness (QED) is 0.121. The van der Waals surface area contributed by atoms with E-state index in [2.05, 4.69) is 170 Å². The van der Waals surface area contributed by atoms with Gasteiger partial charge in [0.1, 0.15) is 36.9 Å². The van der Waals surface area contributed by atoms with Gasteiger partial charge in [-0.05, 0) is 68.8 Å². The summed E-state index contributed by atoms with van der Waals surface area (Å²) >= 11 is 0. The normalized spacial score (nSPS) is 15.9. The summed E-state index contributed by atoms with van der Waals surface area (Å²) in [5.74, 6) is 1.76. The molecule has 0 aliphatic carbocycles. The molecule has 4 nitrogen and oxygen atoms in total. The van der Waals surface area contributed by atoms with Crippen molar-refractivity contribution in [3.05, 3.63) is 170 Å². The number of hydrogen-bond acceptors (Lipinski definition) is 4. The maximum atomic E-state index is 6.57. The number of rotatable bonds is 12. The van der Waals surface area contributed by atoms with E-state index in [1.54, 1.807) is 0 Å². The summed E-state index contributed by atoms with van der Waals surface area (Å²) in [6.07, 6.45) is 0.300. The Morgan fingerprint density at radius 2 is 0.615 bits per heavy atom. The summed E-state index contributed by atoms with van der Waals surface area (Å²) in [6, 6.07) is 60.0. The average molecular weight is 679 g/mol. The van der Waals surface area contributed by atoms with Crippen LogP contribution in [0.15, 0.2) is 170 Å². The molecule has 52 heavy (non-hydrogen) atoms. The molecule has 0 aromatic heterocycles. The third-order valence-corrected chi connectivity index (χ3v) is 9.70. The van der Waals surface area contributed by atoms with Gasteiger partial charge in [0, 0.05) is 22.3 Å². The van der Waals surface area contributed by atoms with Gasteiger partial charge < -0.3 is 18.9 Å². The molecule has 0 saturated carbocycles. The van der Waals surface area contributed by atoms with Crippen LogP contribution in [0.5, 0.6) is 11.5 Å². The summed E-state index contributed by atoms with van der Waals surface area (Å²) in [6.45, 7) is 2.55. The van der Waals surface area contributed by atoms with Gasteiger partial charge in [-0.2, -0.15) is 0 Å². The SMILES string of the molecule is c1ccc(-c2cc(-c3ccc(-c4cc(-c5ccccc5)c(OCC5CO5)c(-c5ccccc5)c4)cc3)cc(-c3ccccc3)c2OCC2CO2)cc1. The van der Waals surface area contributed by atoms with E-state index in [1.165, 1.54) is 0 Å². The van der Waals surface area contributed by atoms with Crippen molar-refractivity contribution in [1.82, 2.24) is 0 Å². The maximum absolute atomic E-state index is 6.57. The van der Waals surface area contributed by atoms with Gasteiger partial charge in [-0.1, -0.05) is 146 Å². The Kier molecular flexibility index (Phi) is 8.83. The molecular formula is C48H38O4. The van der Waals surface area contributed by atoms with Gasteiger partial charge in [-0.25, -0.2) is 0 Å². The lowest BCUT2D eigenvalue weighted by molar-refractivity contribution is 0.264. The van der Waals surface area contributed by atoms with E-state index in [9.17, 15) is 0 Å². The fourth-order valence-electron chi connectivity index (χ4n) is 6.77. The average Bonchev–Trinajstić information content (AvgIpc) is 4.17. The highest BCUT2D eigenvalue weighted by Gasteiger charge is 2.27. The Morgan fingerprint density at radius 3 is 0.865 bits per heavy atom. The molecule has 7 aromatic rings. The molecule has 2 unspecified atom stereocenters. The van der Waals surface area contributed by atoms with Gasteiger partial charge in [0.2, 0.25) is 0 Å². The number of benzene rings is 7. The van der Waals surface area contributed by atoms with Crippen molar-refractivity contribution < 1.29 is 18.9 Å². The molecule has 2 aliphatic rings. The van der Waals surface area contributed by atoms with Crippen molar-refractivity contribution in [2.75, 3.05) is 26.4 Å². The third kappa shape index (κ3) is 7.00. The lowest BCUT2D eigenvalue weighted by Crippen LogP contribution is -2.06. The first-order valence-electron chi connectivity index (χ1n) is 17.9. The summed E-state index contributed by atoms with van der Waals surface area (Å²) in [5.41, 5.74) is 13.2. The fourth-order valence-corrected chi connectivity index (χ4v) is 6.77. The Hall–Kier alpha value is -5.94. The van der Waals surface area contributed by atoms with Crippen LogP contribution >= 0.6 is 0 Å². The Morgan fingerprint density at radius 1 is 0.346 bits per heavy atom. The van der Waals surface area contributed by atoms with Crippen LogP contribution in [-0.2, 0) is 9.47 Å². The summed E-state index contributed by atoms with van der Waals surface area (Å²) in [7, 11) is 0. The molecule has 0 spiro atoms. The number of hydrogen-bond donors (Lipinski definition) is 0. The highest BCUT2D eigenvalue weighted by molar-refractivity contribution is 5.90. The maximum Gasteiger partial charge on any atom is 0.135 e. The standard InChI is InChI=1S/C48H38O4/c1-5-13-35(14-6-1)43-25-39(26-44(36-15-7-2-8-16-36)47(43)51-31-41-29-49-41)33-21-23-34(24-22-33)40-27-45(37-17-9-3-10-18-37)48(52-32-42-30-50-42)46(28-40)38-19-11-4-12-20-38/h1-28,41-42H,29-32H2. The number of epoxide rings is 2. The Bertz CT molecular complexity index is 1990. The van der Waals surface area contributed by atoms with Crippen LogP contribution in [0.4, 0.5) is 0 Å². The Balaban J connectivity index is 1.15. The van der Waals surface area contributed by atoms with Crippen LogP contribution in [-0.4, -0.2) is 38.6 Å². The van der Waals surface area contributed by atoms with E-state index in [0.29, 0.717) is 13.2 Å². The smallest absolute Gasteiger partial charge is 0.135 e. The largest absolute Gasteiger partial charge is 0.489 e. The van der Waals surface area contributed by atoms with E-state index >= 15 is 0 Å². The zero-order chi connectivity index (χ0) is 34.7. The van der Waals surface area contributed by atoms with E-state index in [4.69, 9.17) is 18.9 Å². The van der Waals surface area contributed by atoms with Gasteiger partial charge in [0.25, 0.3) is 0 Å². The van der Waals surface area contributed by atoms with Gasteiger partial charge >= 0.3 is 0 Å². The van der Waals surface area contributed by atoms with E-state index in [-0.39, 0.29) is 12.2 Å². The van der Waals surface area contributed by atoms with Crippen molar-refractivity contribution in [3.63, 3.8) is 0 Å². The minimum absolute atomic E-state index is 0.150. The van der Waals surface area contributed by atoms with Crippen LogP contribution in [0.25, 0.3) is 66.8 Å². The number of ether oxygens (including phenoxy) is 4. The van der Waals surface area contributed by atoms with E-state index in [1.807, 2.05) is 0 Å². The highest BCUT2D eigenvalue weighted by atomic mass is 16.6. The minimum Gasteiger partial charge on any atom is -0.489 e. The zero-order valence-electron chi connectivity index (χ0n) is 28.8. The molecular weight excluding hydrogens is 641 g/mol. The van der Waals surface area contributed by atoms with Crippen LogP contribution in [0.3, 0.4) is 0 Å². The van der Waals surface area contributed by atoms with Crippen LogP contribution in [0.2, 0.25) is 0 Å². The minimum atomic E-state index is 0.150. The van der Waals surface area contributed by atoms with Crippen LogP contribution in [0, 0.1) is 0 Å². The lowest BCUT2D eigenvalue weighted by Gasteiger charge is -2.20. The molecule has 2 aliphatic heterocycles. The second-order valence-electron chi connectivity index (χ2n) is 13.4. The molecule has 0 bridgehead atoms. The highest BCUT2D eigenvalue weighted by Crippen LogP contribution is 2.45. The first-order valence-corrected chi connectivity index (χ1v) is 17.9. The summed E-state index contributed by atoms with van der Waals surface area (Å²) in [5, 5.41) is 0. The molecule has 2 fully saturated rings. The van der Waals surface area contributed by atoms with Crippen molar-refractivity contribution >= 4 is 0 Å². The molecule has 4 heteroatoms. The predicted molar refractivity (Wildman–Crippen MR) is 210 cm³/mol. The fraction of sp³-hybridized carbons (Fsp3) is 0.125. The van der Waals surface area contributed by atoms with Crippen LogP contribution < -0.4 is 9.47 Å². The summed E-state index contributed by atoms with van der Waals surface area (Å²) in [4.78, 5) is 0. The topological polar surface area (TPSA) is 43.5 Å². The molecule has 0 radical (unpaired) electrons. The first kappa shape index (κ1) is 32.0. The predicted octanol–water partition coefficient (Wildman–Crippen LogP) is 11.2. The second kappa shape index (κ2) is 14.4. The van der Waals surface area contributed by atoms with Crippen molar-refractivity contribution in [2.24, 2.45) is 0 Å². The van der Waals surface area contributed by atoms with Crippen molar-refractivity contribution in [3.8, 4) is 78.3 Å². The Labute approximate surface area is 304 Å². The van der Waals surface area contributed by atoms with Crippen molar-refractivity contribution in [2.45, 2.75) is 12.2 Å². The first-order chi connectivity index (χ1) is 25.8. The third-order valence-electron chi connectivity index (χ3n) is 9.70. The van der Waals surface area contributed by atoms with Gasteiger partial charge in [-0.3, -0.25) is 0 Å². The van der Waals surface area contributed by atoms with Gasteiger partial charge in [0.15, 0.2) is 0 Å². The van der Waals surface area contributed by atoms with Gasteiger partial charge in [-0.15, -0.1) is 0 Å². The molecule has 2 heterocycles. The summed E-state index contributed by atoms with van der Waals surface area (Å²) < 4.78 is 24.2. The van der Waals surface area contributed by atoms with E-state index in [0.717, 1.165) is 91.5 Å². The van der Waals surface area contributed by atoms with Crippen molar-refractivity contribution in [1.29, 1.82) is 0 Å². The van der Waals surface area contributed by atoms with E-state index < -0.39 is 0 Å². The monoisotopic (exact) mass is 678 g/mol. The van der Waals surface area contributed by atoms with Crippen LogP contribution in [0.1, 0.15) is 0 Å². The molecule has 9 rings (SSSR count). The molecule has 254 valence electrons.